The van der Waals surface area contributed by atoms with Gasteiger partial charge in [-0.05, 0) is 50.0 Å². The Morgan fingerprint density at radius 2 is 1.77 bits per heavy atom. The van der Waals surface area contributed by atoms with E-state index in [4.69, 9.17) is 27.9 Å². The quantitative estimate of drug-likeness (QED) is 0.246. The largest absolute Gasteiger partial charge is 0.464 e. The van der Waals surface area contributed by atoms with Gasteiger partial charge in [0.05, 0.1) is 22.3 Å². The molecule has 168 valence electrons. The second-order valence-electron chi connectivity index (χ2n) is 7.10. The first-order chi connectivity index (χ1) is 14.5. The number of benzene rings is 2. The molecule has 0 aromatic heterocycles. The van der Waals surface area contributed by atoms with Crippen molar-refractivity contribution in [1.29, 1.82) is 0 Å². The van der Waals surface area contributed by atoms with Gasteiger partial charge in [0.25, 0.3) is 0 Å². The summed E-state index contributed by atoms with van der Waals surface area (Å²) in [6, 6.07) is 13.6. The lowest BCUT2D eigenvalue weighted by atomic mass is 9.94. The Morgan fingerprint density at radius 3 is 2.39 bits per heavy atom. The third-order valence-electron chi connectivity index (χ3n) is 5.17. The average molecular weight is 505 g/mol. The van der Waals surface area contributed by atoms with E-state index in [2.05, 4.69) is 15.2 Å². The maximum atomic E-state index is 13.0. The van der Waals surface area contributed by atoms with Gasteiger partial charge in [-0.3, -0.25) is 0 Å². The molecule has 31 heavy (non-hydrogen) atoms. The van der Waals surface area contributed by atoms with E-state index < -0.39 is 12.0 Å². The number of nitrogens with zero attached hydrogens (tertiary/aromatic N) is 1. The molecule has 1 unspecified atom stereocenters. The molecule has 0 bridgehead atoms. The Labute approximate surface area is 202 Å². The van der Waals surface area contributed by atoms with E-state index in [9.17, 15) is 9.70 Å². The van der Waals surface area contributed by atoms with E-state index in [1.54, 1.807) is 18.2 Å². The summed E-state index contributed by atoms with van der Waals surface area (Å²) in [6.45, 7) is 1.83. The molecule has 3 rings (SSSR count). The van der Waals surface area contributed by atoms with E-state index in [1.165, 1.54) is 0 Å². The molecule has 0 aliphatic carbocycles. The fourth-order valence-electron chi connectivity index (χ4n) is 3.47. The zero-order valence-electron chi connectivity index (χ0n) is 16.7. The number of anilines is 1. The number of para-hydroxylation sites is 1. The predicted molar refractivity (Wildman–Crippen MR) is 130 cm³/mol. The van der Waals surface area contributed by atoms with E-state index in [-0.39, 0.29) is 23.8 Å². The van der Waals surface area contributed by atoms with Crippen molar-refractivity contribution in [2.24, 2.45) is 4.58 Å². The van der Waals surface area contributed by atoms with Crippen LogP contribution in [0.4, 0.5) is 5.69 Å². The molecule has 0 spiro atoms. The number of hydrogen-bond acceptors (Lipinski definition) is 7. The Kier molecular flexibility index (Phi) is 10.4. The van der Waals surface area contributed by atoms with Gasteiger partial charge < -0.3 is 15.4 Å². The SMILES string of the molecule is Cl.O=NSC1(CCOC(=O)C(Nc2c(Cl)cccc2Cl)c2ccccc2)CCNCC1. The number of nitrogens with one attached hydrogen (secondary N) is 2. The molecule has 0 amide bonds. The van der Waals surface area contributed by atoms with E-state index in [1.807, 2.05) is 30.3 Å². The number of esters is 1. The zero-order valence-corrected chi connectivity index (χ0v) is 19.8. The first-order valence-corrected chi connectivity index (χ1v) is 11.2. The molecular weight excluding hydrogens is 481 g/mol. The Bertz CT molecular complexity index is 847. The van der Waals surface area contributed by atoms with Crippen molar-refractivity contribution in [1.82, 2.24) is 5.32 Å². The van der Waals surface area contributed by atoms with Crippen molar-refractivity contribution >= 4 is 59.2 Å². The highest BCUT2D eigenvalue weighted by Gasteiger charge is 2.34. The molecule has 1 atom stereocenters. The number of carbonyl (C=O) groups excluding carboxylic acids is 1. The fraction of sp³-hybridized carbons (Fsp3) is 0.381. The summed E-state index contributed by atoms with van der Waals surface area (Å²) in [6.07, 6.45) is 2.16. The van der Waals surface area contributed by atoms with Gasteiger partial charge in [0, 0.05) is 21.3 Å². The highest BCUT2D eigenvalue weighted by molar-refractivity contribution is 7.99. The van der Waals surface area contributed by atoms with Crippen molar-refractivity contribution in [3.63, 3.8) is 0 Å². The van der Waals surface area contributed by atoms with Gasteiger partial charge in [-0.25, -0.2) is 4.79 Å². The van der Waals surface area contributed by atoms with Gasteiger partial charge in [-0.1, -0.05) is 59.6 Å². The average Bonchev–Trinajstić information content (AvgIpc) is 2.75. The highest BCUT2D eigenvalue weighted by atomic mass is 35.5. The van der Waals surface area contributed by atoms with Crippen molar-refractivity contribution in [3.8, 4) is 0 Å². The van der Waals surface area contributed by atoms with Gasteiger partial charge in [0.1, 0.15) is 0 Å². The zero-order chi connectivity index (χ0) is 21.4. The molecule has 1 aliphatic heterocycles. The van der Waals surface area contributed by atoms with Crippen molar-refractivity contribution in [2.45, 2.75) is 30.1 Å². The number of hydrogen-bond donors (Lipinski definition) is 2. The smallest absolute Gasteiger partial charge is 0.333 e. The van der Waals surface area contributed by atoms with Crippen LogP contribution in [0.5, 0.6) is 0 Å². The van der Waals surface area contributed by atoms with Gasteiger partial charge >= 0.3 is 5.97 Å². The van der Waals surface area contributed by atoms with Crippen LogP contribution in [0.25, 0.3) is 0 Å². The van der Waals surface area contributed by atoms with Crippen LogP contribution >= 0.6 is 47.6 Å². The Hall–Kier alpha value is -1.51. The fourth-order valence-corrected chi connectivity index (χ4v) is 4.70. The Balaban J connectivity index is 0.00000341. The summed E-state index contributed by atoms with van der Waals surface area (Å²) in [5.74, 6) is -0.440. The molecule has 2 aromatic rings. The molecular formula is C21H24Cl3N3O3S. The normalized spacial score (nSPS) is 15.9. The number of carbonyl (C=O) groups is 1. The van der Waals surface area contributed by atoms with Crippen molar-refractivity contribution in [3.05, 3.63) is 69.0 Å². The topological polar surface area (TPSA) is 79.8 Å². The molecule has 1 aliphatic rings. The minimum Gasteiger partial charge on any atom is -0.464 e. The summed E-state index contributed by atoms with van der Waals surface area (Å²) in [5.41, 5.74) is 1.21. The number of rotatable bonds is 9. The molecule has 1 heterocycles. The van der Waals surface area contributed by atoms with Crippen LogP contribution in [0.2, 0.25) is 10.0 Å². The second kappa shape index (κ2) is 12.5. The van der Waals surface area contributed by atoms with Crippen LogP contribution < -0.4 is 10.6 Å². The minimum atomic E-state index is -0.774. The molecule has 6 nitrogen and oxygen atoms in total. The summed E-state index contributed by atoms with van der Waals surface area (Å²) in [4.78, 5) is 23.9. The van der Waals surface area contributed by atoms with Crippen LogP contribution in [0.1, 0.15) is 30.9 Å². The molecule has 2 aromatic carbocycles. The minimum absolute atomic E-state index is 0. The Morgan fingerprint density at radius 1 is 1.13 bits per heavy atom. The van der Waals surface area contributed by atoms with Crippen LogP contribution in [0, 0.1) is 4.91 Å². The van der Waals surface area contributed by atoms with E-state index in [0.29, 0.717) is 22.2 Å². The molecule has 1 fully saturated rings. The maximum absolute atomic E-state index is 13.0. The van der Waals surface area contributed by atoms with Crippen molar-refractivity contribution in [2.75, 3.05) is 25.0 Å². The van der Waals surface area contributed by atoms with Crippen LogP contribution in [-0.2, 0) is 9.53 Å². The third kappa shape index (κ3) is 6.99. The third-order valence-corrected chi connectivity index (χ3v) is 6.87. The van der Waals surface area contributed by atoms with E-state index in [0.717, 1.165) is 43.4 Å². The lowest BCUT2D eigenvalue weighted by Gasteiger charge is -2.34. The summed E-state index contributed by atoms with van der Waals surface area (Å²) >= 11 is 13.6. The van der Waals surface area contributed by atoms with Crippen molar-refractivity contribution < 1.29 is 9.53 Å². The van der Waals surface area contributed by atoms with Gasteiger partial charge in [-0.2, -0.15) is 0 Å². The first kappa shape index (κ1) is 25.7. The van der Waals surface area contributed by atoms with Crippen LogP contribution in [0.3, 0.4) is 0 Å². The molecule has 0 radical (unpaired) electrons. The highest BCUT2D eigenvalue weighted by Crippen LogP contribution is 2.38. The predicted octanol–water partition coefficient (Wildman–Crippen LogP) is 6.04. The van der Waals surface area contributed by atoms with E-state index >= 15 is 0 Å². The lowest BCUT2D eigenvalue weighted by Crippen LogP contribution is -2.40. The molecule has 10 heteroatoms. The first-order valence-electron chi connectivity index (χ1n) is 9.68. The van der Waals surface area contributed by atoms with Crippen LogP contribution in [0.15, 0.2) is 53.1 Å². The van der Waals surface area contributed by atoms with Gasteiger partial charge in [0.15, 0.2) is 6.04 Å². The number of ether oxygens (including phenoxy) is 1. The molecule has 2 N–H and O–H groups in total. The maximum Gasteiger partial charge on any atom is 0.333 e. The summed E-state index contributed by atoms with van der Waals surface area (Å²) in [5, 5.41) is 7.24. The van der Waals surface area contributed by atoms with Gasteiger partial charge in [-0.15, -0.1) is 17.3 Å². The monoisotopic (exact) mass is 503 g/mol. The number of piperidine rings is 1. The molecule has 0 saturated carbocycles. The standard InChI is InChI=1S/C21H23Cl2N3O3S.ClH/c22-16-7-4-8-17(23)19(16)25-18(15-5-2-1-3-6-15)20(27)29-14-11-21(30-26-28)9-12-24-13-10-21;/h1-8,18,24-25H,9-14H2;1H. The number of nitroso groups, excluding NO2 is 1. The summed E-state index contributed by atoms with van der Waals surface area (Å²) < 4.78 is 8.37. The molecule has 1 saturated heterocycles. The number of halogens is 3. The lowest BCUT2D eigenvalue weighted by molar-refractivity contribution is -0.145. The van der Waals surface area contributed by atoms with Gasteiger partial charge in [0.2, 0.25) is 0 Å². The summed E-state index contributed by atoms with van der Waals surface area (Å²) in [7, 11) is 0. The van der Waals surface area contributed by atoms with Crippen LogP contribution in [-0.4, -0.2) is 30.4 Å². The second-order valence-corrected chi connectivity index (χ2v) is 9.11.